The normalized spacial score (nSPS) is 11.4. The minimum absolute atomic E-state index is 0.114. The van der Waals surface area contributed by atoms with Crippen LogP contribution in [0.25, 0.3) is 0 Å². The number of nitrogen functional groups attached to an aromatic ring is 1. The van der Waals surface area contributed by atoms with Gasteiger partial charge in [0, 0.05) is 23.7 Å². The van der Waals surface area contributed by atoms with E-state index in [0.717, 1.165) is 18.2 Å². The summed E-state index contributed by atoms with van der Waals surface area (Å²) in [5.74, 6) is -4.05. The van der Waals surface area contributed by atoms with Crippen molar-refractivity contribution in [2.45, 2.75) is 18.9 Å². The van der Waals surface area contributed by atoms with Crippen LogP contribution in [0.2, 0.25) is 0 Å². The van der Waals surface area contributed by atoms with Crippen molar-refractivity contribution in [3.05, 3.63) is 68.3 Å². The zero-order valence-electron chi connectivity index (χ0n) is 15.7. The summed E-state index contributed by atoms with van der Waals surface area (Å²) in [6.45, 7) is 0. The number of carboxylic acid groups (broad SMARTS) is 2. The predicted octanol–water partition coefficient (Wildman–Crippen LogP) is 2.05. The first-order valence-electron chi connectivity index (χ1n) is 8.60. The van der Waals surface area contributed by atoms with Crippen LogP contribution in [0.3, 0.4) is 0 Å². The molecule has 13 heteroatoms. The van der Waals surface area contributed by atoms with Crippen LogP contribution in [0.5, 0.6) is 0 Å². The van der Waals surface area contributed by atoms with Gasteiger partial charge in [0.1, 0.15) is 11.7 Å². The van der Waals surface area contributed by atoms with E-state index >= 15 is 0 Å². The molecule has 0 spiro atoms. The molecule has 1 atom stereocenters. The standard InChI is InChI=1S/C18H16N4O9/c19-11-6-4-10(5-7-11)17(25)20(14(18(26)27)8-9-15(23)24)12-2-1-3-13(21(28)29)16(12)22(30)31/h1-7,14H,8-9,19H2,(H,23,24)(H,26,27). The molecule has 0 bridgehead atoms. The van der Waals surface area contributed by atoms with Gasteiger partial charge in [-0.3, -0.25) is 34.7 Å². The first-order chi connectivity index (χ1) is 14.5. The topological polar surface area (TPSA) is 207 Å². The first kappa shape index (κ1) is 22.7. The summed E-state index contributed by atoms with van der Waals surface area (Å²) in [7, 11) is 0. The van der Waals surface area contributed by atoms with E-state index in [1.165, 1.54) is 24.3 Å². The Morgan fingerprint density at radius 1 is 1.00 bits per heavy atom. The van der Waals surface area contributed by atoms with Gasteiger partial charge in [-0.2, -0.15) is 0 Å². The second-order valence-corrected chi connectivity index (χ2v) is 6.24. The van der Waals surface area contributed by atoms with Crippen molar-refractivity contribution in [3.8, 4) is 0 Å². The van der Waals surface area contributed by atoms with E-state index in [1.807, 2.05) is 0 Å². The third kappa shape index (κ3) is 5.09. The summed E-state index contributed by atoms with van der Waals surface area (Å²) < 4.78 is 0. The Hall–Kier alpha value is -4.55. The van der Waals surface area contributed by atoms with Gasteiger partial charge in [-0.1, -0.05) is 6.07 Å². The summed E-state index contributed by atoms with van der Waals surface area (Å²) in [6.07, 6.45) is -1.28. The number of carboxylic acids is 2. The van der Waals surface area contributed by atoms with Crippen LogP contribution in [0.4, 0.5) is 22.7 Å². The molecule has 0 aliphatic rings. The fourth-order valence-corrected chi connectivity index (χ4v) is 2.86. The van der Waals surface area contributed by atoms with Crippen LogP contribution in [0, 0.1) is 20.2 Å². The highest BCUT2D eigenvalue weighted by Gasteiger charge is 2.39. The number of benzene rings is 2. The number of aliphatic carboxylic acids is 2. The molecule has 0 aliphatic carbocycles. The number of nitrogens with two attached hydrogens (primary N) is 1. The molecule has 0 saturated carbocycles. The summed E-state index contributed by atoms with van der Waals surface area (Å²) in [5, 5.41) is 41.5. The number of rotatable bonds is 9. The molecular formula is C18H16N4O9. The SMILES string of the molecule is Nc1ccc(C(=O)N(c2cccc([N+](=O)[O-])c2[N+](=O)[O-])C(CCC(=O)O)C(=O)O)cc1. The Labute approximate surface area is 173 Å². The molecule has 31 heavy (non-hydrogen) atoms. The number of carbonyl (C=O) groups excluding carboxylic acids is 1. The van der Waals surface area contributed by atoms with Crippen molar-refractivity contribution in [2.75, 3.05) is 10.6 Å². The van der Waals surface area contributed by atoms with Gasteiger partial charge in [0.25, 0.3) is 5.91 Å². The maximum absolute atomic E-state index is 13.2. The Bertz CT molecular complexity index is 1050. The molecule has 1 amide bonds. The van der Waals surface area contributed by atoms with Crippen LogP contribution >= 0.6 is 0 Å². The second kappa shape index (κ2) is 9.30. The quantitative estimate of drug-likeness (QED) is 0.298. The molecule has 2 aromatic rings. The lowest BCUT2D eigenvalue weighted by molar-refractivity contribution is -0.421. The van der Waals surface area contributed by atoms with Crippen LogP contribution in [0.1, 0.15) is 23.2 Å². The Kier molecular flexibility index (Phi) is 6.82. The van der Waals surface area contributed by atoms with Gasteiger partial charge < -0.3 is 15.9 Å². The summed E-state index contributed by atoms with van der Waals surface area (Å²) >= 11 is 0. The minimum Gasteiger partial charge on any atom is -0.481 e. The van der Waals surface area contributed by atoms with Crippen LogP contribution in [-0.2, 0) is 9.59 Å². The van der Waals surface area contributed by atoms with Gasteiger partial charge in [-0.15, -0.1) is 0 Å². The Morgan fingerprint density at radius 3 is 2.10 bits per heavy atom. The maximum atomic E-state index is 13.2. The van der Waals surface area contributed by atoms with Crippen LogP contribution in [-0.4, -0.2) is 43.9 Å². The van der Waals surface area contributed by atoms with Gasteiger partial charge in [0.05, 0.1) is 9.85 Å². The highest BCUT2D eigenvalue weighted by Crippen LogP contribution is 2.39. The van der Waals surface area contributed by atoms with E-state index < -0.39 is 63.6 Å². The number of anilines is 2. The molecule has 0 fully saturated rings. The number of para-hydroxylation sites is 1. The minimum atomic E-state index is -1.86. The lowest BCUT2D eigenvalue weighted by Crippen LogP contribution is -2.46. The van der Waals surface area contributed by atoms with Gasteiger partial charge in [-0.05, 0) is 36.8 Å². The number of nitro groups is 2. The number of hydrogen-bond donors (Lipinski definition) is 3. The van der Waals surface area contributed by atoms with E-state index in [9.17, 15) is 39.7 Å². The monoisotopic (exact) mass is 432 g/mol. The van der Waals surface area contributed by atoms with Crippen molar-refractivity contribution >= 4 is 40.6 Å². The number of hydrogen-bond acceptors (Lipinski definition) is 8. The number of nitro benzene ring substituents is 2. The molecule has 0 aliphatic heterocycles. The first-order valence-corrected chi connectivity index (χ1v) is 8.60. The van der Waals surface area contributed by atoms with Crippen molar-refractivity contribution in [1.82, 2.24) is 0 Å². The number of amides is 1. The van der Waals surface area contributed by atoms with E-state index in [4.69, 9.17) is 10.8 Å². The van der Waals surface area contributed by atoms with Crippen molar-refractivity contribution in [3.63, 3.8) is 0 Å². The molecule has 1 unspecified atom stereocenters. The van der Waals surface area contributed by atoms with Crippen molar-refractivity contribution < 1.29 is 34.4 Å². The fourth-order valence-electron chi connectivity index (χ4n) is 2.86. The Balaban J connectivity index is 2.77. The van der Waals surface area contributed by atoms with E-state index in [1.54, 1.807) is 0 Å². The third-order valence-corrected chi connectivity index (χ3v) is 4.24. The van der Waals surface area contributed by atoms with Crippen LogP contribution < -0.4 is 10.6 Å². The van der Waals surface area contributed by atoms with Crippen molar-refractivity contribution in [2.24, 2.45) is 0 Å². The smallest absolute Gasteiger partial charge is 0.369 e. The molecule has 2 rings (SSSR count). The zero-order valence-corrected chi connectivity index (χ0v) is 15.7. The van der Waals surface area contributed by atoms with E-state index in [2.05, 4.69) is 0 Å². The van der Waals surface area contributed by atoms with Gasteiger partial charge in [0.15, 0.2) is 0 Å². The molecule has 2 aromatic carbocycles. The van der Waals surface area contributed by atoms with E-state index in [0.29, 0.717) is 4.90 Å². The molecule has 4 N–H and O–H groups in total. The van der Waals surface area contributed by atoms with E-state index in [-0.39, 0.29) is 11.3 Å². The number of carbonyl (C=O) groups is 3. The van der Waals surface area contributed by atoms with Crippen molar-refractivity contribution in [1.29, 1.82) is 0 Å². The lowest BCUT2D eigenvalue weighted by atomic mass is 10.0. The molecule has 13 nitrogen and oxygen atoms in total. The fraction of sp³-hybridized carbons (Fsp3) is 0.167. The molecule has 0 saturated heterocycles. The van der Waals surface area contributed by atoms with Gasteiger partial charge in [-0.25, -0.2) is 4.79 Å². The molecule has 162 valence electrons. The summed E-state index contributed by atoms with van der Waals surface area (Å²) in [4.78, 5) is 57.3. The molecule has 0 heterocycles. The highest BCUT2D eigenvalue weighted by atomic mass is 16.6. The van der Waals surface area contributed by atoms with Gasteiger partial charge >= 0.3 is 23.3 Å². The zero-order chi connectivity index (χ0) is 23.3. The largest absolute Gasteiger partial charge is 0.481 e. The average molecular weight is 432 g/mol. The molecule has 0 aromatic heterocycles. The number of nitrogens with zero attached hydrogens (tertiary/aromatic N) is 3. The lowest BCUT2D eigenvalue weighted by Gasteiger charge is -2.28. The molecular weight excluding hydrogens is 416 g/mol. The highest BCUT2D eigenvalue weighted by molar-refractivity contribution is 6.11. The summed E-state index contributed by atoms with van der Waals surface area (Å²) in [6, 6.07) is 6.16. The third-order valence-electron chi connectivity index (χ3n) is 4.24. The average Bonchev–Trinajstić information content (AvgIpc) is 2.70. The second-order valence-electron chi connectivity index (χ2n) is 6.24. The molecule has 0 radical (unpaired) electrons. The predicted molar refractivity (Wildman–Crippen MR) is 106 cm³/mol. The Morgan fingerprint density at radius 2 is 1.61 bits per heavy atom. The van der Waals surface area contributed by atoms with Crippen LogP contribution in [0.15, 0.2) is 42.5 Å². The van der Waals surface area contributed by atoms with Gasteiger partial charge in [0.2, 0.25) is 0 Å². The summed E-state index contributed by atoms with van der Waals surface area (Å²) in [5.41, 5.74) is 3.03. The maximum Gasteiger partial charge on any atom is 0.369 e.